The highest BCUT2D eigenvalue weighted by Crippen LogP contribution is 2.99. The van der Waals surface area contributed by atoms with Crippen molar-refractivity contribution in [1.82, 2.24) is 0 Å². The second-order valence-corrected chi connectivity index (χ2v) is 6.06. The van der Waals surface area contributed by atoms with Crippen LogP contribution in [0, 0.1) is 6.92 Å². The fraction of sp³-hybridized carbons (Fsp3) is 0.111. The van der Waals surface area contributed by atoms with Crippen LogP contribution in [0.3, 0.4) is 0 Å². The summed E-state index contributed by atoms with van der Waals surface area (Å²) in [5, 5.41) is -2.11. The molecule has 0 unspecified atom stereocenters. The quantitative estimate of drug-likeness (QED) is 0.597. The Labute approximate surface area is 94.4 Å². The van der Waals surface area contributed by atoms with Crippen LogP contribution in [0.2, 0.25) is 0 Å². The first-order valence-corrected chi connectivity index (χ1v) is 6.45. The van der Waals surface area contributed by atoms with E-state index in [-0.39, 0.29) is 5.56 Å². The highest BCUT2D eigenvalue weighted by atomic mass is 35.5. The maximum absolute atomic E-state index is 12.1. The lowest BCUT2D eigenvalue weighted by atomic mass is 10.1. The van der Waals surface area contributed by atoms with Gasteiger partial charge in [-0.1, -0.05) is 60.9 Å². The SMILES string of the molecule is Cc1ccc(/C(Cl)=C\S(F)(F)(F)(F)F)cc1. The lowest BCUT2D eigenvalue weighted by Crippen LogP contribution is -2.00. The Hall–Kier alpha value is -0.750. The zero-order valence-electron chi connectivity index (χ0n) is 8.06. The van der Waals surface area contributed by atoms with Gasteiger partial charge >= 0.3 is 10.2 Å². The van der Waals surface area contributed by atoms with E-state index in [1.807, 2.05) is 0 Å². The van der Waals surface area contributed by atoms with E-state index in [2.05, 4.69) is 0 Å². The summed E-state index contributed by atoms with van der Waals surface area (Å²) in [6, 6.07) is 5.46. The molecule has 0 bridgehead atoms. The van der Waals surface area contributed by atoms with Gasteiger partial charge in [0.15, 0.2) is 0 Å². The number of rotatable bonds is 2. The molecule has 0 saturated heterocycles. The molecule has 16 heavy (non-hydrogen) atoms. The van der Waals surface area contributed by atoms with Gasteiger partial charge in [-0.25, -0.2) is 0 Å². The lowest BCUT2D eigenvalue weighted by Gasteiger charge is -2.37. The molecule has 0 N–H and O–H groups in total. The fourth-order valence-electron chi connectivity index (χ4n) is 0.976. The average Bonchev–Trinajstić information content (AvgIpc) is 1.99. The summed E-state index contributed by atoms with van der Waals surface area (Å²) in [5.41, 5.74) is 0.695. The van der Waals surface area contributed by atoms with Gasteiger partial charge in [-0.3, -0.25) is 0 Å². The Balaban J connectivity index is 3.19. The predicted molar refractivity (Wildman–Crippen MR) is 58.1 cm³/mol. The third kappa shape index (κ3) is 4.85. The minimum atomic E-state index is -9.61. The van der Waals surface area contributed by atoms with Crippen molar-refractivity contribution in [2.24, 2.45) is 0 Å². The van der Waals surface area contributed by atoms with E-state index < -0.39 is 20.7 Å². The second-order valence-electron chi connectivity index (χ2n) is 3.36. The van der Waals surface area contributed by atoms with Crippen LogP contribution in [0.5, 0.6) is 0 Å². The van der Waals surface area contributed by atoms with Crippen molar-refractivity contribution in [1.29, 1.82) is 0 Å². The van der Waals surface area contributed by atoms with Gasteiger partial charge in [0.1, 0.15) is 0 Å². The number of hydrogen-bond acceptors (Lipinski definition) is 0. The standard InChI is InChI=1S/C9H8ClF5S/c1-7-2-4-8(5-3-7)9(10)6-16(11,12,13,14)15/h2-6H,1H3/b9-6+. The van der Waals surface area contributed by atoms with Crippen molar-refractivity contribution >= 4 is 26.9 Å². The Bertz CT molecular complexity index is 430. The molecular weight excluding hydrogens is 271 g/mol. The van der Waals surface area contributed by atoms with Crippen LogP contribution in [-0.2, 0) is 0 Å². The zero-order valence-corrected chi connectivity index (χ0v) is 9.64. The lowest BCUT2D eigenvalue weighted by molar-refractivity contribution is 0.385. The van der Waals surface area contributed by atoms with Gasteiger partial charge in [0.2, 0.25) is 0 Å². The van der Waals surface area contributed by atoms with Crippen molar-refractivity contribution in [2.75, 3.05) is 0 Å². The van der Waals surface area contributed by atoms with Crippen molar-refractivity contribution in [2.45, 2.75) is 6.92 Å². The van der Waals surface area contributed by atoms with E-state index >= 15 is 0 Å². The Kier molecular flexibility index (Phi) is 2.61. The third-order valence-electron chi connectivity index (χ3n) is 1.65. The summed E-state index contributed by atoms with van der Waals surface area (Å²) in [5.74, 6) is 0. The van der Waals surface area contributed by atoms with Crippen LogP contribution < -0.4 is 0 Å². The molecule has 7 heteroatoms. The van der Waals surface area contributed by atoms with Crippen LogP contribution in [0.1, 0.15) is 11.1 Å². The summed E-state index contributed by atoms with van der Waals surface area (Å²) >= 11 is 5.21. The highest BCUT2D eigenvalue weighted by Gasteiger charge is 2.61. The van der Waals surface area contributed by atoms with Gasteiger partial charge in [0.25, 0.3) is 0 Å². The van der Waals surface area contributed by atoms with Gasteiger partial charge in [-0.2, -0.15) is 0 Å². The van der Waals surface area contributed by atoms with E-state index in [0.717, 1.165) is 5.56 Å². The molecule has 1 aromatic carbocycles. The number of aryl methyl sites for hydroxylation is 1. The maximum Gasteiger partial charge on any atom is 0.305 e. The van der Waals surface area contributed by atoms with E-state index in [1.54, 1.807) is 6.92 Å². The molecule has 0 aliphatic rings. The van der Waals surface area contributed by atoms with Gasteiger partial charge in [-0.05, 0) is 12.5 Å². The molecule has 1 aromatic rings. The number of hydrogen-bond donors (Lipinski definition) is 0. The third-order valence-corrected chi connectivity index (χ3v) is 2.79. The van der Waals surface area contributed by atoms with Crippen LogP contribution in [-0.4, -0.2) is 0 Å². The normalized spacial score (nSPS) is 17.8. The van der Waals surface area contributed by atoms with Crippen LogP contribution in [0.15, 0.2) is 29.7 Å². The zero-order chi connectivity index (χ0) is 12.7. The average molecular weight is 279 g/mol. The van der Waals surface area contributed by atoms with E-state index in [0.29, 0.717) is 0 Å². The molecule has 92 valence electrons. The van der Waals surface area contributed by atoms with E-state index in [1.165, 1.54) is 24.3 Å². The molecule has 0 saturated carbocycles. The Morgan fingerprint density at radius 2 is 1.50 bits per heavy atom. The topological polar surface area (TPSA) is 0 Å². The minimum absolute atomic E-state index is 0.0967. The molecule has 0 amide bonds. The van der Waals surface area contributed by atoms with E-state index in [4.69, 9.17) is 11.6 Å². The molecule has 0 aliphatic carbocycles. The van der Waals surface area contributed by atoms with Gasteiger partial charge < -0.3 is 0 Å². The first-order valence-electron chi connectivity index (χ1n) is 4.06. The summed E-state index contributed by atoms with van der Waals surface area (Å²) in [4.78, 5) is 0. The minimum Gasteiger partial charge on any atom is -0.0941 e. The van der Waals surface area contributed by atoms with Gasteiger partial charge in [0, 0.05) is 0 Å². The first-order chi connectivity index (χ1) is 6.86. The molecule has 0 aliphatic heterocycles. The molecule has 0 fully saturated rings. The molecule has 0 heterocycles. The summed E-state index contributed by atoms with van der Waals surface area (Å²) in [7, 11) is -9.61. The van der Waals surface area contributed by atoms with Gasteiger partial charge in [-0.15, -0.1) is 0 Å². The predicted octanol–water partition coefficient (Wildman–Crippen LogP) is 5.83. The molecule has 1 rings (SSSR count). The number of halogens is 6. The molecular formula is C9H8ClF5S. The smallest absolute Gasteiger partial charge is 0.0941 e. The molecule has 0 aromatic heterocycles. The summed E-state index contributed by atoms with van der Waals surface area (Å²) in [6.07, 6.45) is 0. The largest absolute Gasteiger partial charge is 0.305 e. The van der Waals surface area contributed by atoms with Gasteiger partial charge in [0.05, 0.1) is 10.4 Å². The molecule has 0 nitrogen and oxygen atoms in total. The number of benzene rings is 1. The first kappa shape index (κ1) is 13.3. The second kappa shape index (κ2) is 3.13. The summed E-state index contributed by atoms with van der Waals surface area (Å²) in [6.45, 7) is 1.71. The molecule has 0 atom stereocenters. The van der Waals surface area contributed by atoms with E-state index in [9.17, 15) is 19.4 Å². The van der Waals surface area contributed by atoms with Crippen molar-refractivity contribution < 1.29 is 19.4 Å². The fourth-order valence-corrected chi connectivity index (χ4v) is 2.13. The van der Waals surface area contributed by atoms with Crippen LogP contribution >= 0.6 is 21.8 Å². The molecule has 0 radical (unpaired) electrons. The summed E-state index contributed by atoms with van der Waals surface area (Å²) < 4.78 is 60.3. The maximum atomic E-state index is 12.1. The molecule has 0 spiro atoms. The Morgan fingerprint density at radius 3 is 1.88 bits per heavy atom. The van der Waals surface area contributed by atoms with Crippen LogP contribution in [0.25, 0.3) is 5.03 Å². The van der Waals surface area contributed by atoms with Crippen LogP contribution in [0.4, 0.5) is 19.4 Å². The van der Waals surface area contributed by atoms with Crippen molar-refractivity contribution in [3.63, 3.8) is 0 Å². The Morgan fingerprint density at radius 1 is 1.06 bits per heavy atom. The van der Waals surface area contributed by atoms with Crippen molar-refractivity contribution in [3.05, 3.63) is 40.8 Å². The highest BCUT2D eigenvalue weighted by molar-refractivity contribution is 8.48. The van der Waals surface area contributed by atoms with Crippen molar-refractivity contribution in [3.8, 4) is 0 Å². The monoisotopic (exact) mass is 278 g/mol.